The Bertz CT molecular complexity index is 514. The molecule has 9 heteroatoms. The molecule has 2 rings (SSSR count). The van der Waals surface area contributed by atoms with E-state index in [0.29, 0.717) is 23.1 Å². The minimum atomic E-state index is 0.304. The molecule has 8 nitrogen and oxygen atoms in total. The molecular formula is C10H16N8S. The second-order valence-corrected chi connectivity index (χ2v) is 5.10. The minimum absolute atomic E-state index is 0.304. The Morgan fingerprint density at radius 3 is 2.79 bits per heavy atom. The summed E-state index contributed by atoms with van der Waals surface area (Å²) in [6.45, 7) is 2.89. The summed E-state index contributed by atoms with van der Waals surface area (Å²) >= 11 is 1.77. The van der Waals surface area contributed by atoms with Gasteiger partial charge in [-0.1, -0.05) is 6.92 Å². The van der Waals surface area contributed by atoms with Gasteiger partial charge < -0.3 is 5.32 Å². The summed E-state index contributed by atoms with van der Waals surface area (Å²) in [5.74, 6) is 6.60. The highest BCUT2D eigenvalue weighted by Crippen LogP contribution is 2.10. The lowest BCUT2D eigenvalue weighted by atomic mass is 10.5. The molecule has 0 bridgehead atoms. The van der Waals surface area contributed by atoms with Crippen molar-refractivity contribution in [1.29, 1.82) is 0 Å². The largest absolute Gasteiger partial charge is 0.353 e. The first-order chi connectivity index (χ1) is 9.22. The number of nitrogens with zero attached hydrogens (tertiary/aromatic N) is 5. The summed E-state index contributed by atoms with van der Waals surface area (Å²) in [5.41, 5.74) is 2.43. The number of rotatable bonds is 6. The molecule has 0 saturated carbocycles. The van der Waals surface area contributed by atoms with Crippen LogP contribution in [-0.2, 0) is 0 Å². The van der Waals surface area contributed by atoms with Crippen molar-refractivity contribution in [3.8, 4) is 5.95 Å². The number of anilines is 2. The SMILES string of the molecule is CSC(C)CNc1nc(NN)nc(-n2ccnc2)n1. The Kier molecular flexibility index (Phi) is 4.53. The Hall–Kier alpha value is -1.87. The molecule has 1 unspecified atom stereocenters. The van der Waals surface area contributed by atoms with Gasteiger partial charge in [0, 0.05) is 24.2 Å². The van der Waals surface area contributed by atoms with Crippen LogP contribution in [0.5, 0.6) is 0 Å². The molecule has 0 amide bonds. The summed E-state index contributed by atoms with van der Waals surface area (Å²) in [6, 6.07) is 0. The van der Waals surface area contributed by atoms with Gasteiger partial charge >= 0.3 is 0 Å². The first-order valence-corrected chi connectivity index (χ1v) is 6.99. The normalized spacial score (nSPS) is 12.2. The maximum atomic E-state index is 5.36. The van der Waals surface area contributed by atoms with Crippen LogP contribution in [0.1, 0.15) is 6.92 Å². The van der Waals surface area contributed by atoms with E-state index < -0.39 is 0 Å². The van der Waals surface area contributed by atoms with E-state index in [1.165, 1.54) is 0 Å². The molecule has 2 aromatic rings. The number of hydrogen-bond donors (Lipinski definition) is 3. The Balaban J connectivity index is 2.21. The van der Waals surface area contributed by atoms with Gasteiger partial charge in [-0.05, 0) is 6.26 Å². The number of imidazole rings is 1. The molecule has 1 atom stereocenters. The number of nitrogen functional groups attached to an aromatic ring is 1. The first-order valence-electron chi connectivity index (χ1n) is 5.70. The molecule has 2 heterocycles. The van der Waals surface area contributed by atoms with Crippen LogP contribution in [0.3, 0.4) is 0 Å². The van der Waals surface area contributed by atoms with Crippen LogP contribution < -0.4 is 16.6 Å². The van der Waals surface area contributed by atoms with Crippen LogP contribution in [0, 0.1) is 0 Å². The molecule has 0 spiro atoms. The molecule has 0 aliphatic carbocycles. The predicted octanol–water partition coefficient (Wildman–Crippen LogP) is 0.506. The van der Waals surface area contributed by atoms with Gasteiger partial charge in [-0.15, -0.1) is 0 Å². The van der Waals surface area contributed by atoms with Gasteiger partial charge in [0.25, 0.3) is 0 Å². The van der Waals surface area contributed by atoms with E-state index in [-0.39, 0.29) is 0 Å². The van der Waals surface area contributed by atoms with E-state index in [9.17, 15) is 0 Å². The average molecular weight is 280 g/mol. The van der Waals surface area contributed by atoms with Crippen LogP contribution in [0.2, 0.25) is 0 Å². The number of hydrazine groups is 1. The summed E-state index contributed by atoms with van der Waals surface area (Å²) in [4.78, 5) is 16.6. The third kappa shape index (κ3) is 3.55. The van der Waals surface area contributed by atoms with Gasteiger partial charge in [-0.3, -0.25) is 9.99 Å². The van der Waals surface area contributed by atoms with Crippen LogP contribution in [-0.4, -0.2) is 42.6 Å². The summed E-state index contributed by atoms with van der Waals surface area (Å²) in [6.07, 6.45) is 7.08. The fourth-order valence-corrected chi connectivity index (χ4v) is 1.57. The number of nitrogens with one attached hydrogen (secondary N) is 2. The highest BCUT2D eigenvalue weighted by atomic mass is 32.2. The topological polar surface area (TPSA) is 107 Å². The summed E-state index contributed by atoms with van der Waals surface area (Å²) in [7, 11) is 0. The zero-order chi connectivity index (χ0) is 13.7. The van der Waals surface area contributed by atoms with E-state index in [0.717, 1.165) is 6.54 Å². The van der Waals surface area contributed by atoms with Gasteiger partial charge in [-0.25, -0.2) is 10.8 Å². The van der Waals surface area contributed by atoms with Crippen LogP contribution in [0.15, 0.2) is 18.7 Å². The highest BCUT2D eigenvalue weighted by Gasteiger charge is 2.08. The minimum Gasteiger partial charge on any atom is -0.353 e. The second-order valence-electron chi connectivity index (χ2n) is 3.82. The van der Waals surface area contributed by atoms with Crippen molar-refractivity contribution in [3.63, 3.8) is 0 Å². The molecule has 0 fully saturated rings. The monoisotopic (exact) mass is 280 g/mol. The number of aromatic nitrogens is 5. The zero-order valence-corrected chi connectivity index (χ0v) is 11.6. The third-order valence-electron chi connectivity index (χ3n) is 2.44. The van der Waals surface area contributed by atoms with Gasteiger partial charge in [-0.2, -0.15) is 26.7 Å². The maximum Gasteiger partial charge on any atom is 0.243 e. The summed E-state index contributed by atoms with van der Waals surface area (Å²) < 4.78 is 1.69. The smallest absolute Gasteiger partial charge is 0.243 e. The molecule has 0 aromatic carbocycles. The van der Waals surface area contributed by atoms with E-state index in [2.05, 4.69) is 43.9 Å². The zero-order valence-electron chi connectivity index (χ0n) is 10.7. The van der Waals surface area contributed by atoms with Crippen LogP contribution in [0.25, 0.3) is 5.95 Å². The van der Waals surface area contributed by atoms with Gasteiger partial charge in [0.05, 0.1) is 0 Å². The number of nitrogens with two attached hydrogens (primary N) is 1. The Labute approximate surface area is 115 Å². The van der Waals surface area contributed by atoms with Crippen LogP contribution >= 0.6 is 11.8 Å². The summed E-state index contributed by atoms with van der Waals surface area (Å²) in [5, 5.41) is 3.62. The van der Waals surface area contributed by atoms with Crippen molar-refractivity contribution in [2.24, 2.45) is 5.84 Å². The van der Waals surface area contributed by atoms with Crippen molar-refractivity contribution >= 4 is 23.7 Å². The van der Waals surface area contributed by atoms with Gasteiger partial charge in [0.2, 0.25) is 17.8 Å². The van der Waals surface area contributed by atoms with E-state index >= 15 is 0 Å². The lowest BCUT2D eigenvalue weighted by Crippen LogP contribution is -2.18. The molecule has 0 radical (unpaired) electrons. The Morgan fingerprint density at radius 1 is 1.37 bits per heavy atom. The third-order valence-corrected chi connectivity index (χ3v) is 3.41. The fourth-order valence-electron chi connectivity index (χ4n) is 1.32. The van der Waals surface area contributed by atoms with Crippen molar-refractivity contribution in [2.45, 2.75) is 12.2 Å². The highest BCUT2D eigenvalue weighted by molar-refractivity contribution is 7.99. The van der Waals surface area contributed by atoms with E-state index in [4.69, 9.17) is 5.84 Å². The van der Waals surface area contributed by atoms with Crippen molar-refractivity contribution in [3.05, 3.63) is 18.7 Å². The van der Waals surface area contributed by atoms with Gasteiger partial charge in [0.15, 0.2) is 0 Å². The first kappa shape index (κ1) is 13.6. The molecule has 19 heavy (non-hydrogen) atoms. The van der Waals surface area contributed by atoms with Gasteiger partial charge in [0.1, 0.15) is 6.33 Å². The van der Waals surface area contributed by atoms with Crippen molar-refractivity contribution in [1.82, 2.24) is 24.5 Å². The Morgan fingerprint density at radius 2 is 2.16 bits per heavy atom. The lowest BCUT2D eigenvalue weighted by molar-refractivity contribution is 0.881. The molecule has 0 aliphatic heterocycles. The molecule has 0 saturated heterocycles. The molecule has 4 N–H and O–H groups in total. The number of thioether (sulfide) groups is 1. The quantitative estimate of drug-likeness (QED) is 0.519. The standard InChI is InChI=1S/C10H16N8S/c1-7(19-2)5-13-8-14-9(17-11)16-10(15-8)18-4-3-12-6-18/h3-4,6-7H,5,11H2,1-2H3,(H2,13,14,15,16,17). The van der Waals surface area contributed by atoms with Crippen molar-refractivity contribution < 1.29 is 0 Å². The predicted molar refractivity (Wildman–Crippen MR) is 76.2 cm³/mol. The fraction of sp³-hybridized carbons (Fsp3) is 0.400. The number of hydrogen-bond acceptors (Lipinski definition) is 8. The van der Waals surface area contributed by atoms with Crippen molar-refractivity contribution in [2.75, 3.05) is 23.5 Å². The molecule has 102 valence electrons. The average Bonchev–Trinajstić information content (AvgIpc) is 2.98. The molecule has 2 aromatic heterocycles. The molecular weight excluding hydrogens is 264 g/mol. The molecule has 0 aliphatic rings. The van der Waals surface area contributed by atoms with E-state index in [1.807, 2.05) is 0 Å². The van der Waals surface area contributed by atoms with E-state index in [1.54, 1.807) is 35.0 Å². The van der Waals surface area contributed by atoms with Crippen LogP contribution in [0.4, 0.5) is 11.9 Å². The second kappa shape index (κ2) is 6.34. The maximum absolute atomic E-state index is 5.36. The lowest BCUT2D eigenvalue weighted by Gasteiger charge is -2.11.